The van der Waals surface area contributed by atoms with Gasteiger partial charge in [-0.15, -0.1) is 0 Å². The van der Waals surface area contributed by atoms with Crippen molar-refractivity contribution in [3.8, 4) is 0 Å². The molecule has 1 fully saturated rings. The summed E-state index contributed by atoms with van der Waals surface area (Å²) in [7, 11) is 0. The van der Waals surface area contributed by atoms with Gasteiger partial charge in [0.15, 0.2) is 0 Å². The number of halogens is 1. The Hall–Kier alpha value is -1.09. The van der Waals surface area contributed by atoms with Crippen LogP contribution < -0.4 is 10.6 Å². The monoisotopic (exact) mass is 222 g/mol. The summed E-state index contributed by atoms with van der Waals surface area (Å²) in [6.45, 7) is 5.02. The molecule has 0 amide bonds. The van der Waals surface area contributed by atoms with E-state index in [1.165, 1.54) is 18.9 Å². The first kappa shape index (κ1) is 11.4. The molecule has 0 radical (unpaired) electrons. The van der Waals surface area contributed by atoms with E-state index in [4.69, 9.17) is 5.73 Å². The highest BCUT2D eigenvalue weighted by atomic mass is 19.1. The minimum absolute atomic E-state index is 0.188. The van der Waals surface area contributed by atoms with Crippen molar-refractivity contribution in [2.45, 2.75) is 38.8 Å². The van der Waals surface area contributed by atoms with Gasteiger partial charge in [0.25, 0.3) is 0 Å². The van der Waals surface area contributed by atoms with Gasteiger partial charge in [0.2, 0.25) is 0 Å². The van der Waals surface area contributed by atoms with Crippen LogP contribution in [0.4, 0.5) is 10.1 Å². The zero-order valence-electron chi connectivity index (χ0n) is 9.91. The van der Waals surface area contributed by atoms with E-state index in [2.05, 4.69) is 11.8 Å². The highest BCUT2D eigenvalue weighted by Crippen LogP contribution is 2.32. The molecule has 2 N–H and O–H groups in total. The molecular formula is C13H19FN2. The Bertz CT molecular complexity index is 376. The van der Waals surface area contributed by atoms with Gasteiger partial charge in [-0.2, -0.15) is 0 Å². The molecule has 3 heteroatoms. The van der Waals surface area contributed by atoms with E-state index in [1.54, 1.807) is 6.07 Å². The Balaban J connectivity index is 2.43. The normalized spacial score (nSPS) is 22.5. The maximum Gasteiger partial charge on any atom is 0.130 e. The Morgan fingerprint density at radius 1 is 1.50 bits per heavy atom. The van der Waals surface area contributed by atoms with Crippen molar-refractivity contribution < 1.29 is 4.39 Å². The third-order valence-corrected chi connectivity index (χ3v) is 3.35. The molecule has 1 aliphatic heterocycles. The molecule has 2 nitrogen and oxygen atoms in total. The minimum atomic E-state index is -0.260. The molecular weight excluding hydrogens is 203 g/mol. The van der Waals surface area contributed by atoms with Crippen LogP contribution in [0.3, 0.4) is 0 Å². The van der Waals surface area contributed by atoms with E-state index in [9.17, 15) is 4.39 Å². The van der Waals surface area contributed by atoms with Gasteiger partial charge in [0.1, 0.15) is 5.82 Å². The molecule has 2 unspecified atom stereocenters. The Kier molecular flexibility index (Phi) is 3.15. The summed E-state index contributed by atoms with van der Waals surface area (Å²) >= 11 is 0. The molecule has 1 aromatic carbocycles. The van der Waals surface area contributed by atoms with Crippen molar-refractivity contribution >= 4 is 5.69 Å². The van der Waals surface area contributed by atoms with Crippen molar-refractivity contribution in [3.63, 3.8) is 0 Å². The second kappa shape index (κ2) is 4.42. The maximum absolute atomic E-state index is 13.8. The second-order valence-electron chi connectivity index (χ2n) is 4.65. The molecule has 88 valence electrons. The first-order chi connectivity index (χ1) is 7.61. The molecule has 2 rings (SSSR count). The number of nitrogens with zero attached hydrogens (tertiary/aromatic N) is 1. The molecule has 0 bridgehead atoms. The average Bonchev–Trinajstić information content (AvgIpc) is 2.63. The molecule has 16 heavy (non-hydrogen) atoms. The highest BCUT2D eigenvalue weighted by molar-refractivity contribution is 5.56. The zero-order chi connectivity index (χ0) is 11.7. The van der Waals surface area contributed by atoms with Gasteiger partial charge in [-0.05, 0) is 38.8 Å². The van der Waals surface area contributed by atoms with Crippen LogP contribution in [0.25, 0.3) is 0 Å². The van der Waals surface area contributed by atoms with Crippen LogP contribution in [0, 0.1) is 5.82 Å². The lowest BCUT2D eigenvalue weighted by atomic mass is 10.0. The lowest BCUT2D eigenvalue weighted by Gasteiger charge is -2.27. The summed E-state index contributed by atoms with van der Waals surface area (Å²) in [6, 6.07) is 5.46. The standard InChI is InChI=1S/C13H19FN2/c1-9-5-4-8-16(9)12-7-3-6-11(14)13(12)10(2)15/h3,6-7,9-10H,4-5,8,15H2,1-2H3. The molecule has 1 aliphatic rings. The molecule has 0 aromatic heterocycles. The van der Waals surface area contributed by atoms with Gasteiger partial charge in [-0.1, -0.05) is 6.07 Å². The summed E-state index contributed by atoms with van der Waals surface area (Å²) in [5.74, 6) is -0.188. The fraction of sp³-hybridized carbons (Fsp3) is 0.538. The fourth-order valence-corrected chi connectivity index (χ4v) is 2.52. The van der Waals surface area contributed by atoms with Crippen LogP contribution in [0.1, 0.15) is 38.3 Å². The van der Waals surface area contributed by atoms with Crippen LogP contribution >= 0.6 is 0 Å². The van der Waals surface area contributed by atoms with Crippen molar-refractivity contribution in [2.24, 2.45) is 5.73 Å². The highest BCUT2D eigenvalue weighted by Gasteiger charge is 2.24. The number of rotatable bonds is 2. The van der Waals surface area contributed by atoms with Crippen molar-refractivity contribution in [3.05, 3.63) is 29.6 Å². The lowest BCUT2D eigenvalue weighted by Crippen LogP contribution is -2.28. The number of anilines is 1. The third kappa shape index (κ3) is 1.92. The number of nitrogens with two attached hydrogens (primary N) is 1. The Labute approximate surface area is 96.2 Å². The summed E-state index contributed by atoms with van der Waals surface area (Å²) < 4.78 is 13.8. The van der Waals surface area contributed by atoms with E-state index < -0.39 is 0 Å². The fourth-order valence-electron chi connectivity index (χ4n) is 2.52. The molecule has 1 heterocycles. The van der Waals surface area contributed by atoms with Gasteiger partial charge < -0.3 is 10.6 Å². The first-order valence-corrected chi connectivity index (χ1v) is 5.92. The molecule has 0 saturated carbocycles. The predicted octanol–water partition coefficient (Wildman–Crippen LogP) is 2.83. The largest absolute Gasteiger partial charge is 0.368 e. The molecule has 1 aromatic rings. The van der Waals surface area contributed by atoms with E-state index in [0.29, 0.717) is 11.6 Å². The van der Waals surface area contributed by atoms with Crippen LogP contribution in [0.15, 0.2) is 18.2 Å². The van der Waals surface area contributed by atoms with Gasteiger partial charge in [0.05, 0.1) is 0 Å². The van der Waals surface area contributed by atoms with Crippen LogP contribution in [0.5, 0.6) is 0 Å². The molecule has 0 spiro atoms. The summed E-state index contributed by atoms with van der Waals surface area (Å²) in [4.78, 5) is 2.27. The van der Waals surface area contributed by atoms with Crippen LogP contribution in [-0.2, 0) is 0 Å². The van der Waals surface area contributed by atoms with Crippen molar-refractivity contribution in [1.29, 1.82) is 0 Å². The second-order valence-corrected chi connectivity index (χ2v) is 4.65. The van der Waals surface area contributed by atoms with Crippen LogP contribution in [-0.4, -0.2) is 12.6 Å². The molecule has 0 aliphatic carbocycles. The zero-order valence-corrected chi connectivity index (χ0v) is 9.91. The Morgan fingerprint density at radius 2 is 2.25 bits per heavy atom. The van der Waals surface area contributed by atoms with E-state index in [0.717, 1.165) is 12.2 Å². The SMILES string of the molecule is CC(N)c1c(F)cccc1N1CCCC1C. The van der Waals surface area contributed by atoms with Crippen LogP contribution in [0.2, 0.25) is 0 Å². The summed E-state index contributed by atoms with van der Waals surface area (Å²) in [5.41, 5.74) is 7.48. The topological polar surface area (TPSA) is 29.3 Å². The Morgan fingerprint density at radius 3 is 2.81 bits per heavy atom. The summed E-state index contributed by atoms with van der Waals surface area (Å²) in [6.07, 6.45) is 2.35. The van der Waals surface area contributed by atoms with E-state index in [-0.39, 0.29) is 11.9 Å². The smallest absolute Gasteiger partial charge is 0.130 e. The van der Waals surface area contributed by atoms with Gasteiger partial charge in [-0.25, -0.2) is 4.39 Å². The van der Waals surface area contributed by atoms with Gasteiger partial charge in [-0.3, -0.25) is 0 Å². The van der Waals surface area contributed by atoms with Gasteiger partial charge in [0, 0.05) is 29.9 Å². The number of hydrogen-bond donors (Lipinski definition) is 1. The third-order valence-electron chi connectivity index (χ3n) is 3.35. The summed E-state index contributed by atoms with van der Waals surface area (Å²) in [5, 5.41) is 0. The quantitative estimate of drug-likeness (QED) is 0.833. The number of hydrogen-bond acceptors (Lipinski definition) is 2. The minimum Gasteiger partial charge on any atom is -0.368 e. The lowest BCUT2D eigenvalue weighted by molar-refractivity contribution is 0.590. The maximum atomic E-state index is 13.8. The molecule has 1 saturated heterocycles. The number of benzene rings is 1. The van der Waals surface area contributed by atoms with Gasteiger partial charge >= 0.3 is 0 Å². The predicted molar refractivity (Wildman–Crippen MR) is 65.0 cm³/mol. The average molecular weight is 222 g/mol. The van der Waals surface area contributed by atoms with E-state index >= 15 is 0 Å². The first-order valence-electron chi connectivity index (χ1n) is 5.92. The van der Waals surface area contributed by atoms with Crippen molar-refractivity contribution in [1.82, 2.24) is 0 Å². The molecule has 2 atom stereocenters. The van der Waals surface area contributed by atoms with Crippen molar-refractivity contribution in [2.75, 3.05) is 11.4 Å². The van der Waals surface area contributed by atoms with E-state index in [1.807, 2.05) is 13.0 Å².